The van der Waals surface area contributed by atoms with Gasteiger partial charge in [0.15, 0.2) is 10.8 Å². The van der Waals surface area contributed by atoms with E-state index in [1.807, 2.05) is 16.5 Å². The number of nitrogens with zero attached hydrogens (tertiary/aromatic N) is 4. The number of benzene rings is 1. The summed E-state index contributed by atoms with van der Waals surface area (Å²) in [5, 5.41) is 14.2. The Balaban J connectivity index is 1.46. The van der Waals surface area contributed by atoms with Gasteiger partial charge in [-0.3, -0.25) is 9.20 Å². The van der Waals surface area contributed by atoms with Crippen LogP contribution in [0.5, 0.6) is 0 Å². The number of anilines is 1. The summed E-state index contributed by atoms with van der Waals surface area (Å²) in [4.78, 5) is 19.9. The average Bonchev–Trinajstić information content (AvgIpc) is 3.33. The highest BCUT2D eigenvalue weighted by molar-refractivity contribution is 7.99. The Morgan fingerprint density at radius 1 is 1.35 bits per heavy atom. The molecule has 5 rings (SSSR count). The van der Waals surface area contributed by atoms with Crippen LogP contribution in [-0.4, -0.2) is 31.2 Å². The number of rotatable bonds is 5. The zero-order valence-corrected chi connectivity index (χ0v) is 19.7. The van der Waals surface area contributed by atoms with E-state index in [0.717, 1.165) is 41.0 Å². The SMILES string of the molecule is CCc1nc2sc3c(c2c2nnc(SCC(=O)Nc4ccccc4Cl)n12)CC[C@@H](C)C3. The summed E-state index contributed by atoms with van der Waals surface area (Å²) in [5.41, 5.74) is 2.86. The van der Waals surface area contributed by atoms with E-state index in [9.17, 15) is 4.79 Å². The maximum Gasteiger partial charge on any atom is 0.234 e. The summed E-state index contributed by atoms with van der Waals surface area (Å²) < 4.78 is 2.03. The molecule has 3 heterocycles. The number of hydrogen-bond donors (Lipinski definition) is 1. The Bertz CT molecular complexity index is 1300. The molecule has 0 aliphatic heterocycles. The largest absolute Gasteiger partial charge is 0.324 e. The lowest BCUT2D eigenvalue weighted by Gasteiger charge is -2.17. The van der Waals surface area contributed by atoms with Crippen LogP contribution in [0.1, 0.15) is 36.5 Å². The Hall–Kier alpha value is -2.16. The van der Waals surface area contributed by atoms with Crippen molar-refractivity contribution in [1.82, 2.24) is 19.6 Å². The minimum Gasteiger partial charge on any atom is -0.324 e. The van der Waals surface area contributed by atoms with Crippen molar-refractivity contribution in [2.24, 2.45) is 5.92 Å². The van der Waals surface area contributed by atoms with Gasteiger partial charge in [-0.05, 0) is 42.9 Å². The van der Waals surface area contributed by atoms with Crippen LogP contribution in [0.4, 0.5) is 5.69 Å². The Labute approximate surface area is 193 Å². The topological polar surface area (TPSA) is 72.2 Å². The molecule has 0 spiro atoms. The highest BCUT2D eigenvalue weighted by Gasteiger charge is 2.25. The predicted octanol–water partition coefficient (Wildman–Crippen LogP) is 5.41. The number of aryl methyl sites for hydroxylation is 2. The van der Waals surface area contributed by atoms with Gasteiger partial charge < -0.3 is 5.32 Å². The van der Waals surface area contributed by atoms with E-state index in [1.165, 1.54) is 28.6 Å². The third-order valence-electron chi connectivity index (χ3n) is 5.64. The number of amides is 1. The molecule has 0 fully saturated rings. The van der Waals surface area contributed by atoms with Gasteiger partial charge in [0, 0.05) is 11.3 Å². The number of para-hydroxylation sites is 1. The molecule has 9 heteroatoms. The van der Waals surface area contributed by atoms with E-state index >= 15 is 0 Å². The van der Waals surface area contributed by atoms with Gasteiger partial charge in [0.25, 0.3) is 0 Å². The highest BCUT2D eigenvalue weighted by atomic mass is 35.5. The fourth-order valence-electron chi connectivity index (χ4n) is 4.09. The second-order valence-corrected chi connectivity index (χ2v) is 10.3. The van der Waals surface area contributed by atoms with Crippen LogP contribution in [0.15, 0.2) is 29.4 Å². The van der Waals surface area contributed by atoms with Crippen molar-refractivity contribution in [2.75, 3.05) is 11.1 Å². The van der Waals surface area contributed by atoms with Gasteiger partial charge in [0.05, 0.1) is 21.8 Å². The third kappa shape index (κ3) is 3.81. The van der Waals surface area contributed by atoms with Gasteiger partial charge in [0.1, 0.15) is 10.7 Å². The molecule has 0 bridgehead atoms. The van der Waals surface area contributed by atoms with Crippen LogP contribution < -0.4 is 5.32 Å². The molecule has 1 N–H and O–H groups in total. The van der Waals surface area contributed by atoms with Crippen molar-refractivity contribution in [3.8, 4) is 0 Å². The van der Waals surface area contributed by atoms with E-state index < -0.39 is 0 Å². The summed E-state index contributed by atoms with van der Waals surface area (Å²) in [7, 11) is 0. The van der Waals surface area contributed by atoms with E-state index in [-0.39, 0.29) is 11.7 Å². The summed E-state index contributed by atoms with van der Waals surface area (Å²) >= 11 is 9.31. The second-order valence-electron chi connectivity index (χ2n) is 7.87. The second kappa shape index (κ2) is 8.41. The number of halogens is 1. The molecule has 4 aromatic rings. The molecule has 1 amide bonds. The van der Waals surface area contributed by atoms with Crippen molar-refractivity contribution in [2.45, 2.75) is 44.7 Å². The molecule has 0 saturated heterocycles. The normalized spacial score (nSPS) is 16.0. The maximum absolute atomic E-state index is 12.5. The molecule has 31 heavy (non-hydrogen) atoms. The Kier molecular flexibility index (Phi) is 5.62. The van der Waals surface area contributed by atoms with E-state index in [2.05, 4.69) is 29.4 Å². The van der Waals surface area contributed by atoms with Crippen molar-refractivity contribution < 1.29 is 4.79 Å². The van der Waals surface area contributed by atoms with Gasteiger partial charge in [-0.2, -0.15) is 0 Å². The van der Waals surface area contributed by atoms with Crippen molar-refractivity contribution in [3.63, 3.8) is 0 Å². The lowest BCUT2D eigenvalue weighted by atomic mass is 9.89. The van der Waals surface area contributed by atoms with Crippen LogP contribution >= 0.6 is 34.7 Å². The molecule has 3 aromatic heterocycles. The zero-order valence-electron chi connectivity index (χ0n) is 17.3. The lowest BCUT2D eigenvalue weighted by molar-refractivity contribution is -0.113. The molecule has 1 atom stereocenters. The molecule has 1 aromatic carbocycles. The average molecular weight is 472 g/mol. The fraction of sp³-hybridized carbons (Fsp3) is 0.364. The van der Waals surface area contributed by atoms with Crippen LogP contribution in [-0.2, 0) is 24.1 Å². The number of carbonyl (C=O) groups is 1. The number of fused-ring (bicyclic) bond motifs is 5. The molecule has 1 aliphatic carbocycles. The lowest BCUT2D eigenvalue weighted by Crippen LogP contribution is -2.14. The molecule has 6 nitrogen and oxygen atoms in total. The van der Waals surface area contributed by atoms with Crippen LogP contribution in [0.3, 0.4) is 0 Å². The van der Waals surface area contributed by atoms with E-state index in [1.54, 1.807) is 23.5 Å². The first kappa shape index (κ1) is 20.7. The highest BCUT2D eigenvalue weighted by Crippen LogP contribution is 2.39. The number of nitrogens with one attached hydrogen (secondary N) is 1. The number of thiophene rings is 1. The summed E-state index contributed by atoms with van der Waals surface area (Å²) in [5.74, 6) is 1.71. The number of carbonyl (C=O) groups excluding carboxylic acids is 1. The molecule has 160 valence electrons. The number of aromatic nitrogens is 4. The maximum atomic E-state index is 12.5. The number of hydrogen-bond acceptors (Lipinski definition) is 6. The minimum absolute atomic E-state index is 0.135. The molecule has 0 radical (unpaired) electrons. The standard InChI is InChI=1S/C22H22ClN5OS2/c1-3-17-25-21-19(13-9-8-12(2)10-16(13)31-21)20-26-27-22(28(17)20)30-11-18(29)24-15-7-5-4-6-14(15)23/h4-7,12H,3,8-11H2,1-2H3,(H,24,29)/t12-/m1/s1. The third-order valence-corrected chi connectivity index (χ3v) is 8.04. The van der Waals surface area contributed by atoms with Gasteiger partial charge in [-0.25, -0.2) is 4.98 Å². The predicted molar refractivity (Wildman–Crippen MR) is 128 cm³/mol. The van der Waals surface area contributed by atoms with Gasteiger partial charge >= 0.3 is 0 Å². The van der Waals surface area contributed by atoms with E-state index in [4.69, 9.17) is 16.6 Å². The van der Waals surface area contributed by atoms with E-state index in [0.29, 0.717) is 21.8 Å². The zero-order chi connectivity index (χ0) is 21.5. The number of thioether (sulfide) groups is 1. The first-order valence-corrected chi connectivity index (χ1v) is 12.6. The van der Waals surface area contributed by atoms with Crippen molar-refractivity contribution in [3.05, 3.63) is 45.6 Å². The monoisotopic (exact) mass is 471 g/mol. The Morgan fingerprint density at radius 3 is 3.00 bits per heavy atom. The van der Waals surface area contributed by atoms with Gasteiger partial charge in [-0.15, -0.1) is 21.5 Å². The van der Waals surface area contributed by atoms with Crippen molar-refractivity contribution >= 4 is 62.2 Å². The fourth-order valence-corrected chi connectivity index (χ4v) is 6.42. The molecule has 0 saturated carbocycles. The first-order chi connectivity index (χ1) is 15.0. The van der Waals surface area contributed by atoms with Gasteiger partial charge in [-0.1, -0.05) is 49.3 Å². The smallest absolute Gasteiger partial charge is 0.234 e. The summed E-state index contributed by atoms with van der Waals surface area (Å²) in [6, 6.07) is 7.21. The Morgan fingerprint density at radius 2 is 2.19 bits per heavy atom. The molecular weight excluding hydrogens is 450 g/mol. The molecule has 1 aliphatic rings. The van der Waals surface area contributed by atoms with Gasteiger partial charge in [0.2, 0.25) is 5.91 Å². The summed E-state index contributed by atoms with van der Waals surface area (Å²) in [6.45, 7) is 4.40. The minimum atomic E-state index is -0.135. The molecular formula is C22H22ClN5OS2. The quantitative estimate of drug-likeness (QED) is 0.394. The van der Waals surface area contributed by atoms with Crippen LogP contribution in [0.2, 0.25) is 5.02 Å². The first-order valence-electron chi connectivity index (χ1n) is 10.4. The molecule has 0 unspecified atom stereocenters. The van der Waals surface area contributed by atoms with Crippen molar-refractivity contribution in [1.29, 1.82) is 0 Å². The van der Waals surface area contributed by atoms with Crippen LogP contribution in [0, 0.1) is 5.92 Å². The summed E-state index contributed by atoms with van der Waals surface area (Å²) in [6.07, 6.45) is 4.14. The van der Waals surface area contributed by atoms with Crippen LogP contribution in [0.25, 0.3) is 15.9 Å².